The number of benzene rings is 2. The fraction of sp³-hybridized carbons (Fsp3) is 0.304. The summed E-state index contributed by atoms with van der Waals surface area (Å²) in [4.78, 5) is 27.3. The van der Waals surface area contributed by atoms with Gasteiger partial charge in [0.15, 0.2) is 17.2 Å². The summed E-state index contributed by atoms with van der Waals surface area (Å²) in [5.41, 5.74) is 1.78. The van der Waals surface area contributed by atoms with Crippen molar-refractivity contribution in [2.45, 2.75) is 40.2 Å². The molecule has 0 aromatic heterocycles. The van der Waals surface area contributed by atoms with E-state index in [1.165, 1.54) is 12.1 Å². The van der Waals surface area contributed by atoms with E-state index in [4.69, 9.17) is 14.2 Å². The van der Waals surface area contributed by atoms with Gasteiger partial charge in [0.25, 0.3) is 5.69 Å². The lowest BCUT2D eigenvalue weighted by Gasteiger charge is -2.18. The van der Waals surface area contributed by atoms with Gasteiger partial charge in [-0.1, -0.05) is 6.92 Å². The van der Waals surface area contributed by atoms with Crippen LogP contribution in [0.4, 0.5) is 5.69 Å². The van der Waals surface area contributed by atoms with Gasteiger partial charge in [0.2, 0.25) is 5.90 Å². The zero-order chi connectivity index (χ0) is 23.4. The fourth-order valence-electron chi connectivity index (χ4n) is 3.02. The Balaban J connectivity index is 1.95. The highest BCUT2D eigenvalue weighted by Gasteiger charge is 2.26. The maximum Gasteiger partial charge on any atom is 0.363 e. The Bertz CT molecular complexity index is 1130. The number of cyclic esters (lactones) is 1. The van der Waals surface area contributed by atoms with Crippen LogP contribution in [0.2, 0.25) is 0 Å². The van der Waals surface area contributed by atoms with Gasteiger partial charge in [0, 0.05) is 17.2 Å². The average molecular weight is 550 g/mol. The van der Waals surface area contributed by atoms with Crippen molar-refractivity contribution in [2.24, 2.45) is 4.99 Å². The molecule has 8 nitrogen and oxygen atoms in total. The van der Waals surface area contributed by atoms with E-state index in [2.05, 4.69) is 27.6 Å². The number of ether oxygens (including phenoxy) is 3. The van der Waals surface area contributed by atoms with Crippen molar-refractivity contribution in [3.63, 3.8) is 0 Å². The highest BCUT2D eigenvalue weighted by molar-refractivity contribution is 14.1. The normalized spacial score (nSPS) is 15.3. The predicted octanol–water partition coefficient (Wildman–Crippen LogP) is 5.43. The van der Waals surface area contributed by atoms with Crippen LogP contribution in [-0.4, -0.2) is 29.5 Å². The fourth-order valence-corrected chi connectivity index (χ4v) is 3.77. The molecule has 32 heavy (non-hydrogen) atoms. The van der Waals surface area contributed by atoms with Crippen molar-refractivity contribution < 1.29 is 23.9 Å². The second-order valence-electron chi connectivity index (χ2n) is 7.19. The second kappa shape index (κ2) is 10.1. The van der Waals surface area contributed by atoms with Crippen molar-refractivity contribution in [2.75, 3.05) is 6.61 Å². The van der Waals surface area contributed by atoms with Crippen LogP contribution in [0.1, 0.15) is 43.9 Å². The molecule has 1 aliphatic heterocycles. The van der Waals surface area contributed by atoms with E-state index in [-0.39, 0.29) is 23.4 Å². The molecule has 1 aliphatic rings. The third kappa shape index (κ3) is 5.26. The zero-order valence-electron chi connectivity index (χ0n) is 18.2. The first-order valence-corrected chi connectivity index (χ1v) is 11.2. The number of nitro groups is 1. The molecule has 0 radical (unpaired) electrons. The van der Waals surface area contributed by atoms with E-state index >= 15 is 0 Å². The molecule has 0 N–H and O–H groups in total. The Morgan fingerprint density at radius 2 is 2.03 bits per heavy atom. The Morgan fingerprint density at radius 1 is 1.28 bits per heavy atom. The van der Waals surface area contributed by atoms with Gasteiger partial charge in [-0.3, -0.25) is 10.1 Å². The average Bonchev–Trinajstić information content (AvgIpc) is 3.10. The topological polar surface area (TPSA) is 100 Å². The molecule has 0 saturated heterocycles. The highest BCUT2D eigenvalue weighted by Crippen LogP contribution is 2.36. The first-order valence-electron chi connectivity index (χ1n) is 10.1. The van der Waals surface area contributed by atoms with Crippen molar-refractivity contribution in [3.8, 4) is 11.5 Å². The number of aliphatic imine (C=N–C) groups is 1. The molecule has 3 rings (SSSR count). The highest BCUT2D eigenvalue weighted by atomic mass is 127. The quantitative estimate of drug-likeness (QED) is 0.143. The monoisotopic (exact) mass is 550 g/mol. The van der Waals surface area contributed by atoms with Crippen LogP contribution in [0.15, 0.2) is 41.0 Å². The van der Waals surface area contributed by atoms with Crippen LogP contribution in [0.25, 0.3) is 6.08 Å². The van der Waals surface area contributed by atoms with Crippen molar-refractivity contribution in [1.82, 2.24) is 0 Å². The minimum absolute atomic E-state index is 0.00725. The SMILES string of the molecule is CCOc1cc(/C=C2\N=C(c3ccc([N+](=O)[O-])c(C)c3)OC2=O)cc(I)c1OC(C)CC. The number of carbonyl (C=O) groups excluding carboxylic acids is 1. The van der Waals surface area contributed by atoms with Crippen molar-refractivity contribution in [1.29, 1.82) is 0 Å². The standard InChI is InChI=1S/C23H23IN2O6/c1-5-14(4)31-21-17(24)10-15(12-20(21)30-6-2)11-18-23(27)32-22(25-18)16-7-8-19(26(28)29)13(3)9-16/h7-12,14H,5-6H2,1-4H3/b18-11-. The van der Waals surface area contributed by atoms with Gasteiger partial charge in [-0.25, -0.2) is 9.79 Å². The molecule has 1 heterocycles. The number of esters is 1. The van der Waals surface area contributed by atoms with Crippen LogP contribution in [0, 0.1) is 20.6 Å². The van der Waals surface area contributed by atoms with Crippen LogP contribution in [0.5, 0.6) is 11.5 Å². The predicted molar refractivity (Wildman–Crippen MR) is 129 cm³/mol. The molecule has 0 amide bonds. The van der Waals surface area contributed by atoms with Crippen molar-refractivity contribution >= 4 is 46.2 Å². The van der Waals surface area contributed by atoms with Crippen LogP contribution in [0.3, 0.4) is 0 Å². The van der Waals surface area contributed by atoms with Gasteiger partial charge < -0.3 is 14.2 Å². The Labute approximate surface area is 199 Å². The van der Waals surface area contributed by atoms with E-state index < -0.39 is 10.9 Å². The molecule has 2 aromatic rings. The summed E-state index contributed by atoms with van der Waals surface area (Å²) in [6.07, 6.45) is 2.51. The van der Waals surface area contributed by atoms with E-state index in [0.717, 1.165) is 9.99 Å². The Kier molecular flexibility index (Phi) is 7.49. The molecular weight excluding hydrogens is 527 g/mol. The smallest absolute Gasteiger partial charge is 0.363 e. The second-order valence-corrected chi connectivity index (χ2v) is 8.36. The number of nitro benzene ring substituents is 1. The molecule has 9 heteroatoms. The largest absolute Gasteiger partial charge is 0.490 e. The van der Waals surface area contributed by atoms with Crippen LogP contribution in [-0.2, 0) is 9.53 Å². The summed E-state index contributed by atoms with van der Waals surface area (Å²) in [6.45, 7) is 8.02. The minimum atomic E-state index is -0.594. The lowest BCUT2D eigenvalue weighted by Crippen LogP contribution is -2.12. The first kappa shape index (κ1) is 23.7. The molecule has 0 bridgehead atoms. The molecule has 0 fully saturated rings. The molecule has 0 aliphatic carbocycles. The lowest BCUT2D eigenvalue weighted by molar-refractivity contribution is -0.385. The summed E-state index contributed by atoms with van der Waals surface area (Å²) in [5.74, 6) is 0.774. The van der Waals surface area contributed by atoms with E-state index in [0.29, 0.717) is 34.8 Å². The Morgan fingerprint density at radius 3 is 2.66 bits per heavy atom. The van der Waals surface area contributed by atoms with Gasteiger partial charge >= 0.3 is 5.97 Å². The number of aryl methyl sites for hydroxylation is 1. The number of nitrogens with zero attached hydrogens (tertiary/aromatic N) is 2. The lowest BCUT2D eigenvalue weighted by atomic mass is 10.1. The molecule has 2 aromatic carbocycles. The summed E-state index contributed by atoms with van der Waals surface area (Å²) in [6, 6.07) is 8.13. The molecule has 1 atom stereocenters. The van der Waals surface area contributed by atoms with Crippen LogP contribution >= 0.6 is 22.6 Å². The van der Waals surface area contributed by atoms with Crippen LogP contribution < -0.4 is 9.47 Å². The molecule has 0 saturated carbocycles. The summed E-state index contributed by atoms with van der Waals surface area (Å²) in [7, 11) is 0. The van der Waals surface area contributed by atoms with E-state index in [1.54, 1.807) is 25.1 Å². The number of halogens is 1. The molecular formula is C23H23IN2O6. The third-order valence-electron chi connectivity index (χ3n) is 4.79. The number of hydrogen-bond acceptors (Lipinski definition) is 7. The van der Waals surface area contributed by atoms with E-state index in [9.17, 15) is 14.9 Å². The molecule has 168 valence electrons. The number of hydrogen-bond donors (Lipinski definition) is 0. The summed E-state index contributed by atoms with van der Waals surface area (Å²) in [5, 5.41) is 11.0. The number of carbonyl (C=O) groups is 1. The Hall–Kier alpha value is -2.95. The number of rotatable bonds is 8. The summed E-state index contributed by atoms with van der Waals surface area (Å²) >= 11 is 2.18. The van der Waals surface area contributed by atoms with Gasteiger partial charge in [-0.2, -0.15) is 0 Å². The van der Waals surface area contributed by atoms with Gasteiger partial charge in [0.05, 0.1) is 21.2 Å². The van der Waals surface area contributed by atoms with Gasteiger partial charge in [-0.15, -0.1) is 0 Å². The maximum absolute atomic E-state index is 12.4. The third-order valence-corrected chi connectivity index (χ3v) is 5.59. The van der Waals surface area contributed by atoms with E-state index in [1.807, 2.05) is 26.8 Å². The van der Waals surface area contributed by atoms with Crippen molar-refractivity contribution in [3.05, 3.63) is 66.4 Å². The molecule has 1 unspecified atom stereocenters. The molecule has 0 spiro atoms. The minimum Gasteiger partial charge on any atom is -0.490 e. The zero-order valence-corrected chi connectivity index (χ0v) is 20.3. The maximum atomic E-state index is 12.4. The summed E-state index contributed by atoms with van der Waals surface area (Å²) < 4.78 is 17.9. The van der Waals surface area contributed by atoms with Gasteiger partial charge in [-0.05, 0) is 85.7 Å². The van der Waals surface area contributed by atoms with Gasteiger partial charge in [0.1, 0.15) is 0 Å². The first-order chi connectivity index (χ1) is 15.2.